The van der Waals surface area contributed by atoms with E-state index in [9.17, 15) is 8.78 Å². The molecule has 0 radical (unpaired) electrons. The summed E-state index contributed by atoms with van der Waals surface area (Å²) in [5, 5.41) is 11.5. The van der Waals surface area contributed by atoms with Gasteiger partial charge in [0.25, 0.3) is 0 Å². The van der Waals surface area contributed by atoms with Crippen molar-refractivity contribution in [1.82, 2.24) is 15.0 Å². The van der Waals surface area contributed by atoms with E-state index >= 15 is 4.39 Å². The zero-order valence-electron chi connectivity index (χ0n) is 21.7. The summed E-state index contributed by atoms with van der Waals surface area (Å²) in [7, 11) is 0. The Bertz CT molecular complexity index is 1340. The number of nitrogens with one attached hydrogen (secondary N) is 3. The molecule has 11 heteroatoms. The second-order valence-corrected chi connectivity index (χ2v) is 10.4. The lowest BCUT2D eigenvalue weighted by atomic mass is 9.87. The second kappa shape index (κ2) is 11.2. The van der Waals surface area contributed by atoms with Crippen LogP contribution in [-0.4, -0.2) is 53.0 Å². The van der Waals surface area contributed by atoms with Crippen molar-refractivity contribution >= 4 is 29.1 Å². The molecule has 1 aromatic carbocycles. The van der Waals surface area contributed by atoms with E-state index in [0.717, 1.165) is 43.0 Å². The summed E-state index contributed by atoms with van der Waals surface area (Å²) in [5.41, 5.74) is 5.66. The topological polar surface area (TPSA) is 116 Å². The molecule has 0 bridgehead atoms. The molecule has 5 N–H and O–H groups in total. The van der Waals surface area contributed by atoms with E-state index in [4.69, 9.17) is 15.9 Å². The Morgan fingerprint density at radius 3 is 2.69 bits per heavy atom. The molecular weight excluding hydrogens is 507 g/mol. The fraction of sp³-hybridized carbons (Fsp3) is 0.393. The summed E-state index contributed by atoms with van der Waals surface area (Å²) in [6, 6.07) is 3.98. The number of nitrogens with two attached hydrogens (primary N) is 1. The van der Waals surface area contributed by atoms with Crippen LogP contribution in [-0.2, 0) is 10.4 Å². The number of rotatable bonds is 7. The van der Waals surface area contributed by atoms with E-state index in [1.807, 2.05) is 6.07 Å². The minimum Gasteiger partial charge on any atom is -0.381 e. The number of imidazole rings is 1. The summed E-state index contributed by atoms with van der Waals surface area (Å²) in [4.78, 5) is 13.9. The molecule has 2 saturated heterocycles. The van der Waals surface area contributed by atoms with Crippen molar-refractivity contribution < 1.29 is 17.9 Å². The average Bonchev–Trinajstić information content (AvgIpc) is 3.34. The molecular formula is C28H32F3N7O. The largest absolute Gasteiger partial charge is 0.381 e. The summed E-state index contributed by atoms with van der Waals surface area (Å²) < 4.78 is 50.0. The Hall–Kier alpha value is -3.70. The number of hydrogen-bond acceptors (Lipinski definition) is 7. The van der Waals surface area contributed by atoms with Crippen LogP contribution < -0.4 is 16.0 Å². The van der Waals surface area contributed by atoms with Gasteiger partial charge in [0.05, 0.1) is 40.7 Å². The molecule has 0 saturated carbocycles. The molecule has 206 valence electrons. The fourth-order valence-corrected chi connectivity index (χ4v) is 5.30. The minimum absolute atomic E-state index is 0.0317. The number of H-pyrrole nitrogens is 1. The number of ether oxygens (including phenoxy) is 1. The quantitative estimate of drug-likeness (QED) is 0.312. The lowest BCUT2D eigenvalue weighted by Crippen LogP contribution is -2.46. The van der Waals surface area contributed by atoms with Gasteiger partial charge in [0.1, 0.15) is 17.3 Å². The lowest BCUT2D eigenvalue weighted by molar-refractivity contribution is -0.0118. The monoisotopic (exact) mass is 539 g/mol. The first-order valence-electron chi connectivity index (χ1n) is 13.0. The van der Waals surface area contributed by atoms with Gasteiger partial charge in [-0.25, -0.2) is 18.2 Å². The van der Waals surface area contributed by atoms with E-state index < -0.39 is 22.9 Å². The molecule has 0 unspecified atom stereocenters. The SMILES string of the molecule is C[C@@H]1C[C@H](N)CN(c2ccncc2Nc2ncc(/C=C\C(=N)c3c(F)cc(C4(F)CCOCC4)cc3F)[nH]2)C1. The van der Waals surface area contributed by atoms with Crippen molar-refractivity contribution in [2.24, 2.45) is 11.7 Å². The molecule has 2 aliphatic rings. The van der Waals surface area contributed by atoms with E-state index in [2.05, 4.69) is 32.1 Å². The van der Waals surface area contributed by atoms with E-state index in [1.54, 1.807) is 12.4 Å². The van der Waals surface area contributed by atoms with Gasteiger partial charge in [0, 0.05) is 51.4 Å². The maximum absolute atomic E-state index is 15.2. The first-order chi connectivity index (χ1) is 18.7. The molecule has 2 aromatic heterocycles. The second-order valence-electron chi connectivity index (χ2n) is 10.4. The van der Waals surface area contributed by atoms with E-state index in [-0.39, 0.29) is 43.4 Å². The molecule has 0 aliphatic carbocycles. The first-order valence-corrected chi connectivity index (χ1v) is 13.0. The molecule has 39 heavy (non-hydrogen) atoms. The third kappa shape index (κ3) is 5.99. The molecule has 2 aliphatic heterocycles. The Kier molecular flexibility index (Phi) is 7.72. The molecule has 2 fully saturated rings. The smallest absolute Gasteiger partial charge is 0.205 e. The molecule has 0 amide bonds. The number of hydrogen-bond donors (Lipinski definition) is 4. The maximum atomic E-state index is 15.2. The molecule has 3 aromatic rings. The number of anilines is 3. The highest BCUT2D eigenvalue weighted by Gasteiger charge is 2.36. The summed E-state index contributed by atoms with van der Waals surface area (Å²) in [5.74, 6) is -1.05. The van der Waals surface area contributed by atoms with E-state index in [1.165, 1.54) is 18.3 Å². The highest BCUT2D eigenvalue weighted by molar-refractivity contribution is 6.09. The van der Waals surface area contributed by atoms with Crippen LogP contribution in [0.3, 0.4) is 0 Å². The van der Waals surface area contributed by atoms with Crippen LogP contribution in [0.5, 0.6) is 0 Å². The lowest BCUT2D eigenvalue weighted by Gasteiger charge is -2.37. The van der Waals surface area contributed by atoms with Crippen molar-refractivity contribution in [2.75, 3.05) is 36.5 Å². The van der Waals surface area contributed by atoms with Crippen LogP contribution in [0.4, 0.5) is 30.5 Å². The van der Waals surface area contributed by atoms with Gasteiger partial charge in [-0.3, -0.25) is 4.98 Å². The van der Waals surface area contributed by atoms with Crippen molar-refractivity contribution in [1.29, 1.82) is 5.41 Å². The number of nitrogens with zero attached hydrogens (tertiary/aromatic N) is 3. The third-order valence-electron chi connectivity index (χ3n) is 7.22. The summed E-state index contributed by atoms with van der Waals surface area (Å²) in [6.45, 7) is 4.18. The van der Waals surface area contributed by atoms with Crippen LogP contribution in [0.25, 0.3) is 6.08 Å². The highest BCUT2D eigenvalue weighted by atomic mass is 19.1. The summed E-state index contributed by atoms with van der Waals surface area (Å²) in [6.07, 6.45) is 8.79. The van der Waals surface area contributed by atoms with Gasteiger partial charge in [-0.05, 0) is 48.3 Å². The highest BCUT2D eigenvalue weighted by Crippen LogP contribution is 2.37. The fourth-order valence-electron chi connectivity index (χ4n) is 5.30. The van der Waals surface area contributed by atoms with Gasteiger partial charge < -0.3 is 31.1 Å². The molecule has 0 spiro atoms. The van der Waals surface area contributed by atoms with Crippen LogP contribution in [0, 0.1) is 23.0 Å². The van der Waals surface area contributed by atoms with Gasteiger partial charge >= 0.3 is 0 Å². The normalized spacial score (nSPS) is 21.3. The number of piperidine rings is 1. The van der Waals surface area contributed by atoms with E-state index in [0.29, 0.717) is 17.6 Å². The van der Waals surface area contributed by atoms with Gasteiger partial charge in [-0.2, -0.15) is 0 Å². The third-order valence-corrected chi connectivity index (χ3v) is 7.22. The Labute approximate surface area is 225 Å². The number of allylic oxidation sites excluding steroid dienone is 1. The molecule has 2 atom stereocenters. The number of alkyl halides is 1. The standard InChI is InChI=1S/C28H32F3N7O/c1-17-10-19(32)16-38(15-17)25-4-7-34-14-24(25)37-27-35-13-20(36-27)2-3-23(33)26-21(29)11-18(12-22(26)30)28(31)5-8-39-9-6-28/h2-4,7,11-14,17,19,33H,5-6,8-10,15-16,32H2,1H3,(H2,35,36,37)/b3-2-,33-23?/t17-,19+/m1/s1. The van der Waals surface area contributed by atoms with Gasteiger partial charge in [0.15, 0.2) is 0 Å². The number of benzene rings is 1. The Morgan fingerprint density at radius 1 is 1.23 bits per heavy atom. The Balaban J connectivity index is 1.29. The van der Waals surface area contributed by atoms with Crippen molar-refractivity contribution in [3.8, 4) is 0 Å². The van der Waals surface area contributed by atoms with Gasteiger partial charge in [-0.1, -0.05) is 6.92 Å². The maximum Gasteiger partial charge on any atom is 0.205 e. The predicted molar refractivity (Wildman–Crippen MR) is 145 cm³/mol. The molecule has 8 nitrogen and oxygen atoms in total. The van der Waals surface area contributed by atoms with Crippen LogP contribution >= 0.6 is 0 Å². The number of halogens is 3. The van der Waals surface area contributed by atoms with Gasteiger partial charge in [0.2, 0.25) is 5.95 Å². The zero-order chi connectivity index (χ0) is 27.6. The average molecular weight is 540 g/mol. The number of pyridine rings is 1. The predicted octanol–water partition coefficient (Wildman–Crippen LogP) is 5.06. The van der Waals surface area contributed by atoms with Crippen molar-refractivity contribution in [2.45, 2.75) is 37.9 Å². The van der Waals surface area contributed by atoms with Crippen molar-refractivity contribution in [3.63, 3.8) is 0 Å². The number of aromatic amines is 1. The van der Waals surface area contributed by atoms with Gasteiger partial charge in [-0.15, -0.1) is 0 Å². The van der Waals surface area contributed by atoms with Crippen molar-refractivity contribution in [3.05, 3.63) is 71.3 Å². The van der Waals surface area contributed by atoms with Crippen LogP contribution in [0.1, 0.15) is 43.0 Å². The first kappa shape index (κ1) is 26.9. The molecule has 4 heterocycles. The molecule has 5 rings (SSSR count). The van der Waals surface area contributed by atoms with Crippen LogP contribution in [0.2, 0.25) is 0 Å². The summed E-state index contributed by atoms with van der Waals surface area (Å²) >= 11 is 0. The van der Waals surface area contributed by atoms with Crippen LogP contribution in [0.15, 0.2) is 42.9 Å². The minimum atomic E-state index is -1.85. The zero-order valence-corrected chi connectivity index (χ0v) is 21.7. The Morgan fingerprint density at radius 2 is 1.97 bits per heavy atom. The number of aromatic nitrogens is 3.